The molecule has 0 unspecified atom stereocenters. The van der Waals surface area contributed by atoms with Crippen molar-refractivity contribution in [3.05, 3.63) is 60.3 Å². The molecule has 7 heteroatoms. The van der Waals surface area contributed by atoms with Crippen molar-refractivity contribution >= 4 is 23.8 Å². The first-order valence-electron chi connectivity index (χ1n) is 6.89. The molecule has 1 heterocycles. The number of thioether (sulfide) groups is 1. The predicted molar refractivity (Wildman–Crippen MR) is 86.1 cm³/mol. The number of carbonyl (C=O) groups excluding carboxylic acids is 1. The van der Waals surface area contributed by atoms with Crippen LogP contribution in [0.4, 0.5) is 4.79 Å². The molecule has 2 aromatic rings. The lowest BCUT2D eigenvalue weighted by molar-refractivity contribution is -0.138. The van der Waals surface area contributed by atoms with E-state index in [0.717, 1.165) is 5.56 Å². The lowest BCUT2D eigenvalue weighted by atomic mass is 10.2. The van der Waals surface area contributed by atoms with Gasteiger partial charge in [-0.3, -0.25) is 0 Å². The van der Waals surface area contributed by atoms with Crippen molar-refractivity contribution in [1.82, 2.24) is 10.3 Å². The molecule has 1 aromatic heterocycles. The molecule has 2 rings (SSSR count). The van der Waals surface area contributed by atoms with E-state index in [2.05, 4.69) is 10.3 Å². The van der Waals surface area contributed by atoms with E-state index in [-0.39, 0.29) is 12.4 Å². The maximum atomic E-state index is 11.7. The van der Waals surface area contributed by atoms with Crippen LogP contribution in [0.2, 0.25) is 0 Å². The summed E-state index contributed by atoms with van der Waals surface area (Å²) in [5.41, 5.74) is 0.831. The maximum absolute atomic E-state index is 11.7. The maximum Gasteiger partial charge on any atom is 0.408 e. The van der Waals surface area contributed by atoms with E-state index in [9.17, 15) is 14.7 Å². The lowest BCUT2D eigenvalue weighted by Crippen LogP contribution is -2.42. The molecule has 0 radical (unpaired) electrons. The minimum atomic E-state index is -1.12. The number of aliphatic carboxylic acids is 1. The zero-order valence-corrected chi connectivity index (χ0v) is 13.0. The summed E-state index contributed by atoms with van der Waals surface area (Å²) in [6, 6.07) is 13.5. The molecule has 0 saturated heterocycles. The summed E-state index contributed by atoms with van der Waals surface area (Å²) in [6.45, 7) is 0.0897. The fourth-order valence-corrected chi connectivity index (χ4v) is 2.56. The van der Waals surface area contributed by atoms with E-state index in [0.29, 0.717) is 5.03 Å². The molecule has 0 bridgehead atoms. The van der Waals surface area contributed by atoms with Crippen LogP contribution in [0, 0.1) is 0 Å². The van der Waals surface area contributed by atoms with Crippen molar-refractivity contribution in [2.24, 2.45) is 0 Å². The van der Waals surface area contributed by atoms with Gasteiger partial charge in [0.2, 0.25) is 0 Å². The van der Waals surface area contributed by atoms with Gasteiger partial charge in [0.1, 0.15) is 12.6 Å². The summed E-state index contributed by atoms with van der Waals surface area (Å²) in [5.74, 6) is -0.961. The molecular weight excluding hydrogens is 316 g/mol. The molecule has 0 aliphatic carbocycles. The Morgan fingerprint density at radius 2 is 1.91 bits per heavy atom. The number of aromatic nitrogens is 1. The van der Waals surface area contributed by atoms with Gasteiger partial charge in [-0.15, -0.1) is 11.8 Å². The van der Waals surface area contributed by atoms with Gasteiger partial charge in [-0.25, -0.2) is 14.6 Å². The van der Waals surface area contributed by atoms with Crippen LogP contribution in [0.15, 0.2) is 59.8 Å². The van der Waals surface area contributed by atoms with E-state index in [1.807, 2.05) is 36.4 Å². The zero-order valence-electron chi connectivity index (χ0n) is 12.2. The number of pyridine rings is 1. The number of amides is 1. The Hall–Kier alpha value is -2.54. The van der Waals surface area contributed by atoms with E-state index < -0.39 is 18.1 Å². The number of carboxylic acids is 1. The van der Waals surface area contributed by atoms with Crippen molar-refractivity contribution in [1.29, 1.82) is 0 Å². The molecule has 1 atom stereocenters. The summed E-state index contributed by atoms with van der Waals surface area (Å²) in [5, 5.41) is 12.2. The molecule has 1 aromatic carbocycles. The molecule has 0 saturated carbocycles. The van der Waals surface area contributed by atoms with Gasteiger partial charge in [-0.1, -0.05) is 36.4 Å². The minimum absolute atomic E-state index is 0.0897. The highest BCUT2D eigenvalue weighted by molar-refractivity contribution is 7.99. The van der Waals surface area contributed by atoms with Crippen LogP contribution in [-0.4, -0.2) is 33.9 Å². The number of alkyl carbamates (subject to hydrolysis) is 1. The van der Waals surface area contributed by atoms with Crippen molar-refractivity contribution in [2.45, 2.75) is 17.7 Å². The van der Waals surface area contributed by atoms with Crippen LogP contribution in [0.3, 0.4) is 0 Å². The smallest absolute Gasteiger partial charge is 0.408 e. The van der Waals surface area contributed by atoms with Gasteiger partial charge in [0.05, 0.1) is 5.03 Å². The number of nitrogens with one attached hydrogen (secondary N) is 1. The Kier molecular flexibility index (Phi) is 6.43. The Labute approximate surface area is 137 Å². The van der Waals surface area contributed by atoms with Gasteiger partial charge in [0, 0.05) is 11.9 Å². The molecule has 0 spiro atoms. The number of hydrogen-bond acceptors (Lipinski definition) is 5. The average molecular weight is 332 g/mol. The minimum Gasteiger partial charge on any atom is -0.480 e. The fraction of sp³-hybridized carbons (Fsp3) is 0.188. The standard InChI is InChI=1S/C16H16N2O4S/c19-15(20)13(11-23-14-8-4-5-9-17-14)18-16(21)22-10-12-6-2-1-3-7-12/h1-9,13H,10-11H2,(H,18,21)(H,19,20)/t13-/m0/s1. The van der Waals surface area contributed by atoms with Crippen molar-refractivity contribution in [2.75, 3.05) is 5.75 Å². The SMILES string of the molecule is O=C(N[C@@H](CSc1ccccn1)C(=O)O)OCc1ccccc1. The summed E-state index contributed by atoms with van der Waals surface area (Å²) in [4.78, 5) is 27.0. The quantitative estimate of drug-likeness (QED) is 0.758. The van der Waals surface area contributed by atoms with Gasteiger partial charge >= 0.3 is 12.1 Å². The number of benzene rings is 1. The number of hydrogen-bond donors (Lipinski definition) is 2. The van der Waals surface area contributed by atoms with Crippen LogP contribution in [0.1, 0.15) is 5.56 Å². The number of carbonyl (C=O) groups is 2. The van der Waals surface area contributed by atoms with E-state index >= 15 is 0 Å². The third-order valence-corrected chi connectivity index (χ3v) is 3.88. The average Bonchev–Trinajstić information content (AvgIpc) is 2.58. The number of nitrogens with zero attached hydrogens (tertiary/aromatic N) is 1. The molecule has 120 valence electrons. The summed E-state index contributed by atoms with van der Waals surface area (Å²) < 4.78 is 5.02. The van der Waals surface area contributed by atoms with E-state index in [4.69, 9.17) is 4.74 Å². The fourth-order valence-electron chi connectivity index (χ4n) is 1.68. The van der Waals surface area contributed by atoms with Gasteiger partial charge in [-0.2, -0.15) is 0 Å². The van der Waals surface area contributed by atoms with Gasteiger partial charge in [-0.05, 0) is 17.7 Å². The van der Waals surface area contributed by atoms with Crippen molar-refractivity contribution in [3.63, 3.8) is 0 Å². The molecule has 23 heavy (non-hydrogen) atoms. The Morgan fingerprint density at radius 1 is 1.17 bits per heavy atom. The topological polar surface area (TPSA) is 88.5 Å². The first kappa shape index (κ1) is 16.8. The Bertz CT molecular complexity index is 637. The molecule has 6 nitrogen and oxygen atoms in total. The molecule has 2 N–H and O–H groups in total. The Balaban J connectivity index is 1.81. The lowest BCUT2D eigenvalue weighted by Gasteiger charge is -2.14. The second-order valence-electron chi connectivity index (χ2n) is 4.58. The van der Waals surface area contributed by atoms with Crippen LogP contribution < -0.4 is 5.32 Å². The molecule has 0 fully saturated rings. The third kappa shape index (κ3) is 5.99. The van der Waals surface area contributed by atoms with Crippen molar-refractivity contribution < 1.29 is 19.4 Å². The van der Waals surface area contributed by atoms with E-state index in [1.165, 1.54) is 11.8 Å². The number of ether oxygens (including phenoxy) is 1. The Morgan fingerprint density at radius 3 is 2.57 bits per heavy atom. The van der Waals surface area contributed by atoms with E-state index in [1.54, 1.807) is 18.3 Å². The summed E-state index contributed by atoms with van der Waals surface area (Å²) in [7, 11) is 0. The number of rotatable bonds is 7. The highest BCUT2D eigenvalue weighted by Gasteiger charge is 2.21. The largest absolute Gasteiger partial charge is 0.480 e. The first-order chi connectivity index (χ1) is 11.1. The third-order valence-electron chi connectivity index (χ3n) is 2.84. The van der Waals surface area contributed by atoms with Gasteiger partial charge < -0.3 is 15.2 Å². The van der Waals surface area contributed by atoms with Crippen LogP contribution in [0.25, 0.3) is 0 Å². The second-order valence-corrected chi connectivity index (χ2v) is 5.62. The molecule has 0 aliphatic heterocycles. The first-order valence-corrected chi connectivity index (χ1v) is 7.87. The zero-order chi connectivity index (χ0) is 16.5. The summed E-state index contributed by atoms with van der Waals surface area (Å²) >= 11 is 1.25. The molecule has 1 amide bonds. The molecule has 0 aliphatic rings. The number of carboxylic acid groups (broad SMARTS) is 1. The second kappa shape index (κ2) is 8.79. The molecular formula is C16H16N2O4S. The normalized spacial score (nSPS) is 11.5. The summed E-state index contributed by atoms with van der Waals surface area (Å²) in [6.07, 6.45) is 0.863. The predicted octanol–water partition coefficient (Wildman–Crippen LogP) is 2.55. The van der Waals surface area contributed by atoms with Crippen LogP contribution in [0.5, 0.6) is 0 Å². The monoisotopic (exact) mass is 332 g/mol. The van der Waals surface area contributed by atoms with Crippen LogP contribution in [-0.2, 0) is 16.1 Å². The van der Waals surface area contributed by atoms with Crippen molar-refractivity contribution in [3.8, 4) is 0 Å². The highest BCUT2D eigenvalue weighted by Crippen LogP contribution is 2.15. The van der Waals surface area contributed by atoms with Gasteiger partial charge in [0.15, 0.2) is 0 Å². The van der Waals surface area contributed by atoms with Crippen LogP contribution >= 0.6 is 11.8 Å². The highest BCUT2D eigenvalue weighted by atomic mass is 32.2. The van der Waals surface area contributed by atoms with Gasteiger partial charge in [0.25, 0.3) is 0 Å².